The number of rotatable bonds is 5. The topological polar surface area (TPSA) is 29.1 Å². The van der Waals surface area contributed by atoms with E-state index in [1.54, 1.807) is 0 Å². The Morgan fingerprint density at radius 1 is 1.44 bits per heavy atom. The van der Waals surface area contributed by atoms with Crippen molar-refractivity contribution in [2.24, 2.45) is 0 Å². The Bertz CT molecular complexity index is 430. The Hall–Kier alpha value is -0.320. The lowest BCUT2D eigenvalue weighted by atomic mass is 10.0. The Labute approximate surface area is 124 Å². The van der Waals surface area contributed by atoms with Crippen molar-refractivity contribution >= 4 is 45.0 Å². The normalized spacial score (nSPS) is 11.4. The molecule has 2 nitrogen and oxygen atoms in total. The largest absolute Gasteiger partial charge is 0.344 e. The third-order valence-corrected chi connectivity index (χ3v) is 4.42. The van der Waals surface area contributed by atoms with Crippen LogP contribution < -0.4 is 5.32 Å². The van der Waals surface area contributed by atoms with Gasteiger partial charge in [-0.3, -0.25) is 4.79 Å². The molecule has 1 rings (SSSR count). The SMILES string of the molecule is CCC(CCl)(CCl)NC(=O)c1ccc(F)cc1Br. The Balaban J connectivity index is 2.94. The van der Waals surface area contributed by atoms with Crippen LogP contribution in [-0.4, -0.2) is 23.2 Å². The zero-order valence-electron chi connectivity index (χ0n) is 9.77. The van der Waals surface area contributed by atoms with E-state index in [0.29, 0.717) is 16.5 Å². The van der Waals surface area contributed by atoms with Crippen LogP contribution >= 0.6 is 39.1 Å². The molecule has 6 heteroatoms. The van der Waals surface area contributed by atoms with Crippen LogP contribution in [0.25, 0.3) is 0 Å². The van der Waals surface area contributed by atoms with Crippen LogP contribution in [-0.2, 0) is 0 Å². The lowest BCUT2D eigenvalue weighted by Gasteiger charge is -2.29. The Morgan fingerprint density at radius 2 is 2.06 bits per heavy atom. The van der Waals surface area contributed by atoms with Gasteiger partial charge in [0.1, 0.15) is 5.82 Å². The quantitative estimate of drug-likeness (QED) is 0.795. The first-order valence-corrected chi connectivity index (χ1v) is 7.23. The van der Waals surface area contributed by atoms with Crippen molar-refractivity contribution in [3.63, 3.8) is 0 Å². The van der Waals surface area contributed by atoms with Crippen molar-refractivity contribution in [1.29, 1.82) is 0 Å². The van der Waals surface area contributed by atoms with Crippen LogP contribution in [0.3, 0.4) is 0 Å². The van der Waals surface area contributed by atoms with Crippen LogP contribution in [0.15, 0.2) is 22.7 Å². The molecule has 1 aromatic carbocycles. The molecule has 18 heavy (non-hydrogen) atoms. The molecule has 0 unspecified atom stereocenters. The first-order chi connectivity index (χ1) is 8.48. The Morgan fingerprint density at radius 3 is 2.50 bits per heavy atom. The van der Waals surface area contributed by atoms with Gasteiger partial charge in [-0.25, -0.2) is 4.39 Å². The van der Waals surface area contributed by atoms with Gasteiger partial charge in [0, 0.05) is 16.2 Å². The summed E-state index contributed by atoms with van der Waals surface area (Å²) in [7, 11) is 0. The van der Waals surface area contributed by atoms with E-state index in [1.807, 2.05) is 6.92 Å². The molecule has 0 atom stereocenters. The molecule has 0 bridgehead atoms. The van der Waals surface area contributed by atoms with E-state index in [1.165, 1.54) is 18.2 Å². The number of alkyl halides is 2. The number of benzene rings is 1. The first-order valence-electron chi connectivity index (χ1n) is 5.37. The second-order valence-electron chi connectivity index (χ2n) is 3.98. The number of hydrogen-bond acceptors (Lipinski definition) is 1. The van der Waals surface area contributed by atoms with Gasteiger partial charge in [-0.15, -0.1) is 23.2 Å². The maximum atomic E-state index is 12.9. The molecule has 0 saturated carbocycles. The van der Waals surface area contributed by atoms with E-state index >= 15 is 0 Å². The molecule has 1 amide bonds. The standard InChI is InChI=1S/C12H13BrCl2FNO/c1-2-12(6-14,7-15)17-11(18)9-4-3-8(16)5-10(9)13/h3-5H,2,6-7H2,1H3,(H,17,18). The Kier molecular flexibility index (Phi) is 5.89. The van der Waals surface area contributed by atoms with Crippen LogP contribution in [0.4, 0.5) is 4.39 Å². The molecule has 1 N–H and O–H groups in total. The van der Waals surface area contributed by atoms with Gasteiger partial charge >= 0.3 is 0 Å². The van der Waals surface area contributed by atoms with Gasteiger partial charge in [-0.05, 0) is 40.5 Å². The highest BCUT2D eigenvalue weighted by atomic mass is 79.9. The highest BCUT2D eigenvalue weighted by molar-refractivity contribution is 9.10. The molecule has 0 aliphatic heterocycles. The fourth-order valence-electron chi connectivity index (χ4n) is 1.36. The summed E-state index contributed by atoms with van der Waals surface area (Å²) in [4.78, 5) is 12.1. The fraction of sp³-hybridized carbons (Fsp3) is 0.417. The number of carbonyl (C=O) groups excluding carboxylic acids is 1. The van der Waals surface area contributed by atoms with E-state index in [2.05, 4.69) is 21.2 Å². The minimum Gasteiger partial charge on any atom is -0.344 e. The smallest absolute Gasteiger partial charge is 0.252 e. The summed E-state index contributed by atoms with van der Waals surface area (Å²) in [6, 6.07) is 3.89. The van der Waals surface area contributed by atoms with Crippen molar-refractivity contribution in [3.05, 3.63) is 34.1 Å². The predicted molar refractivity (Wildman–Crippen MR) is 76.0 cm³/mol. The summed E-state index contributed by atoms with van der Waals surface area (Å²) in [5.41, 5.74) is -0.293. The van der Waals surface area contributed by atoms with Crippen LogP contribution in [0.1, 0.15) is 23.7 Å². The van der Waals surface area contributed by atoms with E-state index in [0.717, 1.165) is 0 Å². The molecule has 0 heterocycles. The molecule has 0 spiro atoms. The van der Waals surface area contributed by atoms with E-state index in [9.17, 15) is 9.18 Å². The first kappa shape index (κ1) is 15.7. The van der Waals surface area contributed by atoms with Crippen LogP contribution in [0.5, 0.6) is 0 Å². The molecule has 1 aromatic rings. The van der Waals surface area contributed by atoms with Crippen LogP contribution in [0.2, 0.25) is 0 Å². The van der Waals surface area contributed by atoms with Gasteiger partial charge in [0.05, 0.1) is 11.1 Å². The summed E-state index contributed by atoms with van der Waals surface area (Å²) in [6.07, 6.45) is 0.616. The van der Waals surface area contributed by atoms with E-state index in [-0.39, 0.29) is 17.7 Å². The highest BCUT2D eigenvalue weighted by Crippen LogP contribution is 2.21. The van der Waals surface area contributed by atoms with Gasteiger partial charge in [0.2, 0.25) is 0 Å². The molecular weight excluding hydrogens is 344 g/mol. The van der Waals surface area contributed by atoms with Gasteiger partial charge < -0.3 is 5.32 Å². The van der Waals surface area contributed by atoms with Crippen LogP contribution in [0, 0.1) is 5.82 Å². The summed E-state index contributed by atoms with van der Waals surface area (Å²) >= 11 is 14.9. The molecule has 100 valence electrons. The third kappa shape index (κ3) is 3.59. The fourth-order valence-corrected chi connectivity index (χ4v) is 2.69. The predicted octanol–water partition coefficient (Wildman–Crippen LogP) is 3.94. The van der Waals surface area contributed by atoms with Crippen molar-refractivity contribution in [2.45, 2.75) is 18.9 Å². The summed E-state index contributed by atoms with van der Waals surface area (Å²) in [6.45, 7) is 1.89. The molecule has 0 radical (unpaired) electrons. The van der Waals surface area contributed by atoms with Crippen molar-refractivity contribution < 1.29 is 9.18 Å². The average Bonchev–Trinajstić information content (AvgIpc) is 2.36. The van der Waals surface area contributed by atoms with Gasteiger partial charge in [-0.1, -0.05) is 6.92 Å². The number of hydrogen-bond donors (Lipinski definition) is 1. The number of amides is 1. The molecule has 0 saturated heterocycles. The van der Waals surface area contributed by atoms with Crippen molar-refractivity contribution in [2.75, 3.05) is 11.8 Å². The zero-order chi connectivity index (χ0) is 13.8. The molecule has 0 aliphatic rings. The second-order valence-corrected chi connectivity index (χ2v) is 5.37. The number of carbonyl (C=O) groups is 1. The summed E-state index contributed by atoms with van der Waals surface area (Å²) < 4.78 is 13.3. The third-order valence-electron chi connectivity index (χ3n) is 2.74. The average molecular weight is 357 g/mol. The van der Waals surface area contributed by atoms with Crippen molar-refractivity contribution in [3.8, 4) is 0 Å². The highest BCUT2D eigenvalue weighted by Gasteiger charge is 2.29. The van der Waals surface area contributed by atoms with E-state index in [4.69, 9.17) is 23.2 Å². The lowest BCUT2D eigenvalue weighted by Crippen LogP contribution is -2.51. The number of halogens is 4. The maximum Gasteiger partial charge on any atom is 0.252 e. The molecule has 0 aromatic heterocycles. The van der Waals surface area contributed by atoms with Crippen molar-refractivity contribution in [1.82, 2.24) is 5.32 Å². The van der Waals surface area contributed by atoms with Gasteiger partial charge in [0.15, 0.2) is 0 Å². The van der Waals surface area contributed by atoms with Gasteiger partial charge in [0.25, 0.3) is 5.91 Å². The number of nitrogens with one attached hydrogen (secondary N) is 1. The van der Waals surface area contributed by atoms with Gasteiger partial charge in [-0.2, -0.15) is 0 Å². The molecule has 0 aliphatic carbocycles. The summed E-state index contributed by atoms with van der Waals surface area (Å²) in [5.74, 6) is -0.297. The monoisotopic (exact) mass is 355 g/mol. The summed E-state index contributed by atoms with van der Waals surface area (Å²) in [5, 5.41) is 2.80. The second kappa shape index (κ2) is 6.73. The lowest BCUT2D eigenvalue weighted by molar-refractivity contribution is 0.0912. The molecular formula is C12H13BrCl2FNO. The molecule has 0 fully saturated rings. The van der Waals surface area contributed by atoms with E-state index < -0.39 is 11.4 Å². The minimum absolute atomic E-state index is 0.220. The maximum absolute atomic E-state index is 12.9. The zero-order valence-corrected chi connectivity index (χ0v) is 12.9. The minimum atomic E-state index is -0.645.